The summed E-state index contributed by atoms with van der Waals surface area (Å²) in [6.45, 7) is -0.103. The molecule has 0 saturated carbocycles. The second-order valence-corrected chi connectivity index (χ2v) is 2.60. The fourth-order valence-corrected chi connectivity index (χ4v) is 1.09. The highest BCUT2D eigenvalue weighted by Gasteiger charge is 2.14. The maximum Gasteiger partial charge on any atom is 0.506 e. The summed E-state index contributed by atoms with van der Waals surface area (Å²) in [5.41, 5.74) is 0.489. The Kier molecular flexibility index (Phi) is 2.85. The lowest BCUT2D eigenvalue weighted by atomic mass is 9.99. The van der Waals surface area contributed by atoms with E-state index in [0.717, 1.165) is 12.8 Å². The van der Waals surface area contributed by atoms with Gasteiger partial charge in [0.05, 0.1) is 0 Å². The third-order valence-corrected chi connectivity index (χ3v) is 1.71. The number of carboxylic acid groups (broad SMARTS) is 1. The second-order valence-electron chi connectivity index (χ2n) is 2.60. The minimum Gasteiger partial charge on any atom is -0.450 e. The first-order valence-corrected chi connectivity index (χ1v) is 3.78. The van der Waals surface area contributed by atoms with Gasteiger partial charge >= 0.3 is 6.16 Å². The van der Waals surface area contributed by atoms with Gasteiger partial charge in [0.25, 0.3) is 0 Å². The van der Waals surface area contributed by atoms with Crippen molar-refractivity contribution in [3.63, 3.8) is 0 Å². The number of Topliss-reactive ketones (excluding diaryl/α,β-unsaturated/α-hetero) is 1. The van der Waals surface area contributed by atoms with Gasteiger partial charge in [-0.05, 0) is 12.8 Å². The number of carbonyl (C=O) groups is 2. The molecular formula is C8H10O4. The van der Waals surface area contributed by atoms with Crippen molar-refractivity contribution in [3.8, 4) is 0 Å². The number of hydrogen-bond donors (Lipinski definition) is 1. The van der Waals surface area contributed by atoms with Crippen molar-refractivity contribution in [3.05, 3.63) is 11.6 Å². The molecule has 1 aliphatic rings. The molecule has 0 unspecified atom stereocenters. The minimum absolute atomic E-state index is 0.00231. The molecule has 0 heterocycles. The Morgan fingerprint density at radius 2 is 2.42 bits per heavy atom. The summed E-state index contributed by atoms with van der Waals surface area (Å²) in [5.74, 6) is 0.00231. The van der Waals surface area contributed by atoms with Crippen LogP contribution in [0.2, 0.25) is 0 Å². The topological polar surface area (TPSA) is 63.6 Å². The lowest BCUT2D eigenvalue weighted by molar-refractivity contribution is -0.116. The van der Waals surface area contributed by atoms with Gasteiger partial charge in [-0.25, -0.2) is 4.79 Å². The van der Waals surface area contributed by atoms with Crippen LogP contribution in [0, 0.1) is 0 Å². The Hall–Kier alpha value is -1.32. The van der Waals surface area contributed by atoms with Crippen molar-refractivity contribution in [1.82, 2.24) is 0 Å². The van der Waals surface area contributed by atoms with E-state index in [1.807, 2.05) is 0 Å². The van der Waals surface area contributed by atoms with Gasteiger partial charge in [0.15, 0.2) is 5.78 Å². The zero-order chi connectivity index (χ0) is 8.97. The highest BCUT2D eigenvalue weighted by atomic mass is 16.7. The summed E-state index contributed by atoms with van der Waals surface area (Å²) in [5, 5.41) is 8.17. The molecule has 4 nitrogen and oxygen atoms in total. The van der Waals surface area contributed by atoms with Gasteiger partial charge in [-0.3, -0.25) is 4.79 Å². The average molecular weight is 170 g/mol. The minimum atomic E-state index is -1.34. The first-order chi connectivity index (χ1) is 5.70. The van der Waals surface area contributed by atoms with Crippen LogP contribution in [0.25, 0.3) is 0 Å². The maximum atomic E-state index is 11.1. The summed E-state index contributed by atoms with van der Waals surface area (Å²) in [6.07, 6.45) is 2.61. The van der Waals surface area contributed by atoms with Crippen LogP contribution in [0.3, 0.4) is 0 Å². The second kappa shape index (κ2) is 3.90. The highest BCUT2D eigenvalue weighted by Crippen LogP contribution is 2.13. The first kappa shape index (κ1) is 8.77. The molecule has 0 amide bonds. The standard InChI is InChI=1S/C8H10O4/c9-7-4-2-1-3-6(7)5-12-8(10)11/h3H,1-2,4-5H2,(H,10,11). The van der Waals surface area contributed by atoms with Crippen LogP contribution in [-0.4, -0.2) is 23.7 Å². The summed E-state index contributed by atoms with van der Waals surface area (Å²) < 4.78 is 4.28. The fourth-order valence-electron chi connectivity index (χ4n) is 1.09. The van der Waals surface area contributed by atoms with Gasteiger partial charge < -0.3 is 9.84 Å². The van der Waals surface area contributed by atoms with Crippen LogP contribution in [0.4, 0.5) is 4.79 Å². The largest absolute Gasteiger partial charge is 0.506 e. The third-order valence-electron chi connectivity index (χ3n) is 1.71. The average Bonchev–Trinajstić information content (AvgIpc) is 2.03. The molecule has 0 aliphatic heterocycles. The summed E-state index contributed by atoms with van der Waals surface area (Å²) in [4.78, 5) is 21.1. The van der Waals surface area contributed by atoms with E-state index < -0.39 is 6.16 Å². The molecule has 1 N–H and O–H groups in total. The van der Waals surface area contributed by atoms with Crippen LogP contribution in [0.15, 0.2) is 11.6 Å². The molecule has 0 aromatic heterocycles. The van der Waals surface area contributed by atoms with Crippen molar-refractivity contribution in [2.45, 2.75) is 19.3 Å². The van der Waals surface area contributed by atoms with Crippen LogP contribution in [0.1, 0.15) is 19.3 Å². The number of carbonyl (C=O) groups excluding carboxylic acids is 1. The van der Waals surface area contributed by atoms with Gasteiger partial charge in [0, 0.05) is 12.0 Å². The van der Waals surface area contributed by atoms with Crippen molar-refractivity contribution < 1.29 is 19.4 Å². The molecule has 0 radical (unpaired) electrons. The molecule has 0 saturated heterocycles. The summed E-state index contributed by atoms with van der Waals surface area (Å²) in [6, 6.07) is 0. The third kappa shape index (κ3) is 2.38. The molecule has 4 heteroatoms. The molecule has 12 heavy (non-hydrogen) atoms. The molecule has 66 valence electrons. The monoisotopic (exact) mass is 170 g/mol. The Balaban J connectivity index is 2.44. The van der Waals surface area contributed by atoms with Crippen molar-refractivity contribution in [2.24, 2.45) is 0 Å². The number of ketones is 1. The molecule has 0 spiro atoms. The molecule has 0 aromatic rings. The Bertz CT molecular complexity index is 229. The SMILES string of the molecule is O=C(O)OCC1=CCCCC1=O. The van der Waals surface area contributed by atoms with E-state index >= 15 is 0 Å². The number of rotatable bonds is 2. The van der Waals surface area contributed by atoms with E-state index in [-0.39, 0.29) is 12.4 Å². The zero-order valence-electron chi connectivity index (χ0n) is 6.58. The molecule has 1 rings (SSSR count). The number of allylic oxidation sites excluding steroid dienone is 1. The van der Waals surface area contributed by atoms with E-state index in [1.165, 1.54) is 0 Å². The van der Waals surface area contributed by atoms with Gasteiger partial charge in [-0.15, -0.1) is 0 Å². The van der Waals surface area contributed by atoms with E-state index in [1.54, 1.807) is 6.08 Å². The smallest absolute Gasteiger partial charge is 0.450 e. The summed E-state index contributed by atoms with van der Waals surface area (Å²) in [7, 11) is 0. The number of ether oxygens (including phenoxy) is 1. The van der Waals surface area contributed by atoms with Crippen LogP contribution < -0.4 is 0 Å². The molecule has 0 fully saturated rings. The summed E-state index contributed by atoms with van der Waals surface area (Å²) >= 11 is 0. The molecule has 0 atom stereocenters. The Labute approximate surface area is 69.8 Å². The van der Waals surface area contributed by atoms with Gasteiger partial charge in [-0.2, -0.15) is 0 Å². The van der Waals surface area contributed by atoms with E-state index in [0.29, 0.717) is 12.0 Å². The molecular weight excluding hydrogens is 160 g/mol. The lowest BCUT2D eigenvalue weighted by Crippen LogP contribution is -2.14. The van der Waals surface area contributed by atoms with Crippen LogP contribution in [0.5, 0.6) is 0 Å². The lowest BCUT2D eigenvalue weighted by Gasteiger charge is -2.09. The number of hydrogen-bond acceptors (Lipinski definition) is 3. The van der Waals surface area contributed by atoms with Gasteiger partial charge in [-0.1, -0.05) is 6.08 Å². The van der Waals surface area contributed by atoms with E-state index in [2.05, 4.69) is 4.74 Å². The zero-order valence-corrected chi connectivity index (χ0v) is 6.58. The molecule has 0 aromatic carbocycles. The molecule has 0 bridgehead atoms. The van der Waals surface area contributed by atoms with Crippen LogP contribution >= 0.6 is 0 Å². The quantitative estimate of drug-likeness (QED) is 0.635. The fraction of sp³-hybridized carbons (Fsp3) is 0.500. The molecule has 1 aliphatic carbocycles. The maximum absolute atomic E-state index is 11.1. The predicted molar refractivity (Wildman–Crippen MR) is 40.9 cm³/mol. The van der Waals surface area contributed by atoms with Crippen LogP contribution in [-0.2, 0) is 9.53 Å². The van der Waals surface area contributed by atoms with E-state index in [9.17, 15) is 9.59 Å². The first-order valence-electron chi connectivity index (χ1n) is 3.78. The van der Waals surface area contributed by atoms with Gasteiger partial charge in [0.1, 0.15) is 6.61 Å². The van der Waals surface area contributed by atoms with Crippen molar-refractivity contribution in [1.29, 1.82) is 0 Å². The van der Waals surface area contributed by atoms with E-state index in [4.69, 9.17) is 5.11 Å². The Morgan fingerprint density at radius 1 is 1.67 bits per heavy atom. The Morgan fingerprint density at radius 3 is 3.00 bits per heavy atom. The highest BCUT2D eigenvalue weighted by molar-refractivity contribution is 5.96. The predicted octanol–water partition coefficient (Wildman–Crippen LogP) is 1.36. The van der Waals surface area contributed by atoms with Crippen molar-refractivity contribution >= 4 is 11.9 Å². The van der Waals surface area contributed by atoms with Crippen molar-refractivity contribution in [2.75, 3.05) is 6.61 Å². The normalized spacial score (nSPS) is 17.0. The van der Waals surface area contributed by atoms with Gasteiger partial charge in [0.2, 0.25) is 0 Å².